The van der Waals surface area contributed by atoms with Gasteiger partial charge in [0.05, 0.1) is 12.5 Å². The largest absolute Gasteiger partial charge is 0.366 e. The van der Waals surface area contributed by atoms with Crippen molar-refractivity contribution < 1.29 is 14.4 Å². The predicted octanol–water partition coefficient (Wildman–Crippen LogP) is 2.64. The fourth-order valence-electron chi connectivity index (χ4n) is 2.34. The molecule has 0 aliphatic carbocycles. The van der Waals surface area contributed by atoms with Crippen LogP contribution in [0.3, 0.4) is 0 Å². The maximum atomic E-state index is 12.3. The van der Waals surface area contributed by atoms with E-state index in [1.165, 1.54) is 19.1 Å². The van der Waals surface area contributed by atoms with E-state index in [2.05, 4.69) is 10.6 Å². The SMILES string of the molecule is CC(=O)NC(CC(=O)Nc1ccc(C(N)=O)cc1)c1cccc(Cl)c1. The van der Waals surface area contributed by atoms with Gasteiger partial charge in [0.1, 0.15) is 0 Å². The fourth-order valence-corrected chi connectivity index (χ4v) is 2.53. The third kappa shape index (κ3) is 5.61. The highest BCUT2D eigenvalue weighted by Gasteiger charge is 2.17. The van der Waals surface area contributed by atoms with Crippen LogP contribution in [-0.2, 0) is 9.59 Å². The van der Waals surface area contributed by atoms with Gasteiger partial charge in [-0.1, -0.05) is 23.7 Å². The second kappa shape index (κ2) is 8.30. The van der Waals surface area contributed by atoms with Crippen molar-refractivity contribution in [3.63, 3.8) is 0 Å². The van der Waals surface area contributed by atoms with E-state index in [0.29, 0.717) is 16.3 Å². The van der Waals surface area contributed by atoms with E-state index >= 15 is 0 Å². The molecule has 130 valence electrons. The van der Waals surface area contributed by atoms with Gasteiger partial charge in [-0.3, -0.25) is 14.4 Å². The lowest BCUT2D eigenvalue weighted by Crippen LogP contribution is -2.29. The van der Waals surface area contributed by atoms with Crippen molar-refractivity contribution in [3.05, 3.63) is 64.7 Å². The summed E-state index contributed by atoms with van der Waals surface area (Å²) in [5, 5.41) is 5.99. The highest BCUT2D eigenvalue weighted by Crippen LogP contribution is 2.21. The Morgan fingerprint density at radius 1 is 1.12 bits per heavy atom. The van der Waals surface area contributed by atoms with Crippen LogP contribution in [0.15, 0.2) is 48.5 Å². The quantitative estimate of drug-likeness (QED) is 0.738. The summed E-state index contributed by atoms with van der Waals surface area (Å²) < 4.78 is 0. The van der Waals surface area contributed by atoms with E-state index in [-0.39, 0.29) is 18.2 Å². The zero-order valence-electron chi connectivity index (χ0n) is 13.6. The van der Waals surface area contributed by atoms with E-state index in [1.54, 1.807) is 36.4 Å². The molecule has 0 saturated carbocycles. The Balaban J connectivity index is 2.08. The molecule has 1 unspecified atom stereocenters. The number of benzene rings is 2. The lowest BCUT2D eigenvalue weighted by molar-refractivity contribution is -0.120. The van der Waals surface area contributed by atoms with Crippen LogP contribution < -0.4 is 16.4 Å². The molecule has 3 amide bonds. The molecule has 0 aliphatic heterocycles. The van der Waals surface area contributed by atoms with Gasteiger partial charge in [-0.25, -0.2) is 0 Å². The number of hydrogen-bond acceptors (Lipinski definition) is 3. The molecule has 0 aliphatic rings. The van der Waals surface area contributed by atoms with Gasteiger partial charge >= 0.3 is 0 Å². The van der Waals surface area contributed by atoms with Crippen LogP contribution in [0.25, 0.3) is 0 Å². The van der Waals surface area contributed by atoms with E-state index < -0.39 is 11.9 Å². The van der Waals surface area contributed by atoms with Gasteiger partial charge in [0.2, 0.25) is 17.7 Å². The standard InChI is InChI=1S/C18H18ClN3O3/c1-11(23)21-16(13-3-2-4-14(19)9-13)10-17(24)22-15-7-5-12(6-8-15)18(20)25/h2-9,16H,10H2,1H3,(H2,20,25)(H,21,23)(H,22,24). The molecular weight excluding hydrogens is 342 g/mol. The van der Waals surface area contributed by atoms with Gasteiger partial charge in [0.25, 0.3) is 0 Å². The first kappa shape index (κ1) is 18.5. The average molecular weight is 360 g/mol. The molecule has 0 bridgehead atoms. The highest BCUT2D eigenvalue weighted by molar-refractivity contribution is 6.30. The third-order valence-electron chi connectivity index (χ3n) is 3.47. The lowest BCUT2D eigenvalue weighted by Gasteiger charge is -2.18. The Kier molecular flexibility index (Phi) is 6.14. The van der Waals surface area contributed by atoms with E-state index in [1.807, 2.05) is 0 Å². The molecule has 0 saturated heterocycles. The zero-order valence-corrected chi connectivity index (χ0v) is 14.3. The molecule has 0 spiro atoms. The van der Waals surface area contributed by atoms with Crippen molar-refractivity contribution in [1.82, 2.24) is 5.32 Å². The molecule has 1 atom stereocenters. The number of anilines is 1. The monoisotopic (exact) mass is 359 g/mol. The number of halogens is 1. The van der Waals surface area contributed by atoms with Crippen LogP contribution >= 0.6 is 11.6 Å². The van der Waals surface area contributed by atoms with Crippen molar-refractivity contribution in [1.29, 1.82) is 0 Å². The molecule has 4 N–H and O–H groups in total. The minimum absolute atomic E-state index is 0.0392. The van der Waals surface area contributed by atoms with Crippen molar-refractivity contribution in [2.24, 2.45) is 5.73 Å². The minimum atomic E-state index is -0.537. The second-order valence-corrected chi connectivity index (χ2v) is 5.94. The van der Waals surface area contributed by atoms with Crippen LogP contribution in [0.1, 0.15) is 35.3 Å². The zero-order chi connectivity index (χ0) is 18.4. The van der Waals surface area contributed by atoms with E-state index in [0.717, 1.165) is 5.56 Å². The fraction of sp³-hybridized carbons (Fsp3) is 0.167. The number of carbonyl (C=O) groups excluding carboxylic acids is 3. The van der Waals surface area contributed by atoms with E-state index in [4.69, 9.17) is 17.3 Å². The third-order valence-corrected chi connectivity index (χ3v) is 3.71. The summed E-state index contributed by atoms with van der Waals surface area (Å²) in [5.74, 6) is -1.07. The number of nitrogens with two attached hydrogens (primary N) is 1. The summed E-state index contributed by atoms with van der Waals surface area (Å²) >= 11 is 5.98. The van der Waals surface area contributed by atoms with Gasteiger partial charge in [0.15, 0.2) is 0 Å². The van der Waals surface area contributed by atoms with Gasteiger partial charge in [-0.15, -0.1) is 0 Å². The first-order chi connectivity index (χ1) is 11.8. The maximum absolute atomic E-state index is 12.3. The van der Waals surface area contributed by atoms with Crippen LogP contribution in [0.4, 0.5) is 5.69 Å². The molecule has 25 heavy (non-hydrogen) atoms. The smallest absolute Gasteiger partial charge is 0.248 e. The first-order valence-corrected chi connectivity index (χ1v) is 7.95. The van der Waals surface area contributed by atoms with Crippen LogP contribution in [0.2, 0.25) is 5.02 Å². The topological polar surface area (TPSA) is 101 Å². The Morgan fingerprint density at radius 2 is 1.80 bits per heavy atom. The summed E-state index contributed by atoms with van der Waals surface area (Å²) in [7, 11) is 0. The first-order valence-electron chi connectivity index (χ1n) is 7.57. The van der Waals surface area contributed by atoms with Crippen LogP contribution in [0.5, 0.6) is 0 Å². The van der Waals surface area contributed by atoms with Gasteiger partial charge in [-0.2, -0.15) is 0 Å². The minimum Gasteiger partial charge on any atom is -0.366 e. The number of rotatable bonds is 6. The van der Waals surface area contributed by atoms with Gasteiger partial charge < -0.3 is 16.4 Å². The molecule has 0 radical (unpaired) electrons. The Bertz CT molecular complexity index is 790. The Morgan fingerprint density at radius 3 is 2.36 bits per heavy atom. The molecule has 0 fully saturated rings. The van der Waals surface area contributed by atoms with Crippen LogP contribution in [-0.4, -0.2) is 17.7 Å². The number of hydrogen-bond donors (Lipinski definition) is 3. The lowest BCUT2D eigenvalue weighted by atomic mass is 10.0. The number of carbonyl (C=O) groups is 3. The van der Waals surface area contributed by atoms with Gasteiger partial charge in [0, 0.05) is 23.2 Å². The number of amides is 3. The molecule has 2 aromatic carbocycles. The molecule has 7 heteroatoms. The molecule has 0 heterocycles. The summed E-state index contributed by atoms with van der Waals surface area (Å²) in [6.45, 7) is 1.39. The number of nitrogens with one attached hydrogen (secondary N) is 2. The van der Waals surface area contributed by atoms with Crippen LogP contribution in [0, 0.1) is 0 Å². The molecule has 6 nitrogen and oxygen atoms in total. The molecular formula is C18H18ClN3O3. The van der Waals surface area contributed by atoms with Crippen molar-refractivity contribution in [2.75, 3.05) is 5.32 Å². The average Bonchev–Trinajstić information content (AvgIpc) is 2.54. The van der Waals surface area contributed by atoms with Crippen molar-refractivity contribution in [2.45, 2.75) is 19.4 Å². The summed E-state index contributed by atoms with van der Waals surface area (Å²) in [5.41, 5.74) is 6.80. The summed E-state index contributed by atoms with van der Waals surface area (Å²) in [6, 6.07) is 12.7. The Labute approximate surface area is 150 Å². The molecule has 2 aromatic rings. The number of primary amides is 1. The second-order valence-electron chi connectivity index (χ2n) is 5.50. The Hall–Kier alpha value is -2.86. The molecule has 0 aromatic heterocycles. The predicted molar refractivity (Wildman–Crippen MR) is 96.2 cm³/mol. The van der Waals surface area contributed by atoms with Crippen molar-refractivity contribution in [3.8, 4) is 0 Å². The molecule has 2 rings (SSSR count). The highest BCUT2D eigenvalue weighted by atomic mass is 35.5. The van der Waals surface area contributed by atoms with Gasteiger partial charge in [-0.05, 0) is 42.0 Å². The maximum Gasteiger partial charge on any atom is 0.248 e. The normalized spacial score (nSPS) is 11.4. The van der Waals surface area contributed by atoms with E-state index in [9.17, 15) is 14.4 Å². The summed E-state index contributed by atoms with van der Waals surface area (Å²) in [6.07, 6.45) is 0.0392. The van der Waals surface area contributed by atoms with Crippen molar-refractivity contribution >= 4 is 35.0 Å². The summed E-state index contributed by atoms with van der Waals surface area (Å²) in [4.78, 5) is 34.8.